The van der Waals surface area contributed by atoms with Gasteiger partial charge in [-0.25, -0.2) is 9.38 Å². The summed E-state index contributed by atoms with van der Waals surface area (Å²) in [6, 6.07) is 2.81. The molecule has 1 heterocycles. The van der Waals surface area contributed by atoms with Gasteiger partial charge in [0.15, 0.2) is 5.84 Å². The second kappa shape index (κ2) is 6.13. The van der Waals surface area contributed by atoms with E-state index in [1.807, 2.05) is 13.8 Å². The van der Waals surface area contributed by atoms with Gasteiger partial charge in [-0.15, -0.1) is 0 Å². The molecule has 0 unspecified atom stereocenters. The van der Waals surface area contributed by atoms with Crippen molar-refractivity contribution in [3.8, 4) is 0 Å². The Labute approximate surface area is 118 Å². The molecule has 4 N–H and O–H groups in total. The van der Waals surface area contributed by atoms with Gasteiger partial charge in [0, 0.05) is 18.0 Å². The highest BCUT2D eigenvalue weighted by atomic mass is 19.1. The first-order chi connectivity index (χ1) is 9.49. The van der Waals surface area contributed by atoms with Crippen LogP contribution in [0.25, 0.3) is 0 Å². The predicted molar refractivity (Wildman–Crippen MR) is 79.9 cm³/mol. The molecule has 0 bridgehead atoms. The highest BCUT2D eigenvalue weighted by Crippen LogP contribution is 2.17. The summed E-state index contributed by atoms with van der Waals surface area (Å²) in [7, 11) is 0. The maximum Gasteiger partial charge on any atom is 0.154 e. The number of piperidine rings is 1. The Morgan fingerprint density at radius 2 is 2.20 bits per heavy atom. The second-order valence-corrected chi connectivity index (χ2v) is 5.32. The van der Waals surface area contributed by atoms with Crippen LogP contribution in [0.1, 0.15) is 29.5 Å². The number of halogens is 1. The van der Waals surface area contributed by atoms with E-state index in [-0.39, 0.29) is 17.6 Å². The second-order valence-electron chi connectivity index (χ2n) is 5.32. The van der Waals surface area contributed by atoms with Crippen molar-refractivity contribution in [3.05, 3.63) is 34.6 Å². The van der Waals surface area contributed by atoms with E-state index in [1.54, 1.807) is 0 Å². The molecule has 0 aromatic heterocycles. The zero-order valence-corrected chi connectivity index (χ0v) is 12.0. The number of nitrogens with zero attached hydrogens (tertiary/aromatic N) is 1. The van der Waals surface area contributed by atoms with Gasteiger partial charge in [-0.05, 0) is 56.5 Å². The third-order valence-electron chi connectivity index (χ3n) is 3.84. The van der Waals surface area contributed by atoms with Crippen LogP contribution < -0.4 is 11.1 Å². The van der Waals surface area contributed by atoms with Gasteiger partial charge in [0.05, 0.1) is 0 Å². The Kier molecular flexibility index (Phi) is 4.49. The van der Waals surface area contributed by atoms with Crippen molar-refractivity contribution in [1.29, 1.82) is 5.41 Å². The number of nitrogens with two attached hydrogens (primary N) is 1. The molecule has 1 aromatic rings. The Hall–Kier alpha value is -1.75. The van der Waals surface area contributed by atoms with Gasteiger partial charge >= 0.3 is 0 Å². The average molecular weight is 276 g/mol. The van der Waals surface area contributed by atoms with E-state index in [9.17, 15) is 4.39 Å². The zero-order chi connectivity index (χ0) is 14.7. The largest absolute Gasteiger partial charge is 0.387 e. The SMILES string of the molecule is Cc1cc(F)cc(C(=N)N=C(N)[C@@H]2CCCNC2)c1C. The van der Waals surface area contributed by atoms with Crippen LogP contribution in [-0.4, -0.2) is 24.8 Å². The van der Waals surface area contributed by atoms with Gasteiger partial charge < -0.3 is 11.1 Å². The molecule has 0 aliphatic carbocycles. The van der Waals surface area contributed by atoms with E-state index >= 15 is 0 Å². The van der Waals surface area contributed by atoms with E-state index in [1.165, 1.54) is 12.1 Å². The summed E-state index contributed by atoms with van der Waals surface area (Å²) in [4.78, 5) is 4.18. The first kappa shape index (κ1) is 14.7. The van der Waals surface area contributed by atoms with Crippen LogP contribution in [0.3, 0.4) is 0 Å². The van der Waals surface area contributed by atoms with Crippen LogP contribution in [-0.2, 0) is 0 Å². The molecule has 0 amide bonds. The van der Waals surface area contributed by atoms with Crippen LogP contribution in [0.4, 0.5) is 4.39 Å². The Morgan fingerprint density at radius 3 is 2.85 bits per heavy atom. The van der Waals surface area contributed by atoms with Crippen LogP contribution >= 0.6 is 0 Å². The Balaban J connectivity index is 2.23. The van der Waals surface area contributed by atoms with Crippen molar-refractivity contribution in [3.63, 3.8) is 0 Å². The molecule has 0 radical (unpaired) electrons. The molecule has 2 rings (SSSR count). The lowest BCUT2D eigenvalue weighted by atomic mass is 9.98. The summed E-state index contributed by atoms with van der Waals surface area (Å²) >= 11 is 0. The summed E-state index contributed by atoms with van der Waals surface area (Å²) in [6.45, 7) is 5.49. The zero-order valence-electron chi connectivity index (χ0n) is 12.0. The predicted octanol–water partition coefficient (Wildman–Crippen LogP) is 2.12. The van der Waals surface area contributed by atoms with Crippen LogP contribution in [0.15, 0.2) is 17.1 Å². The lowest BCUT2D eigenvalue weighted by Crippen LogP contribution is -2.38. The summed E-state index contributed by atoms with van der Waals surface area (Å²) in [5.74, 6) is 0.316. The van der Waals surface area contributed by atoms with Crippen LogP contribution in [0.5, 0.6) is 0 Å². The molecule has 1 atom stereocenters. The number of hydrogen-bond donors (Lipinski definition) is 3. The van der Waals surface area contributed by atoms with E-state index in [0.717, 1.165) is 37.1 Å². The van der Waals surface area contributed by atoms with Gasteiger partial charge in [-0.1, -0.05) is 0 Å². The number of aliphatic imine (C=N–C) groups is 1. The molecular weight excluding hydrogens is 255 g/mol. The third-order valence-corrected chi connectivity index (χ3v) is 3.84. The lowest BCUT2D eigenvalue weighted by Gasteiger charge is -2.22. The van der Waals surface area contributed by atoms with Crippen molar-refractivity contribution in [2.45, 2.75) is 26.7 Å². The highest BCUT2D eigenvalue weighted by Gasteiger charge is 2.18. The smallest absolute Gasteiger partial charge is 0.154 e. The summed E-state index contributed by atoms with van der Waals surface area (Å²) in [5.41, 5.74) is 8.18. The summed E-state index contributed by atoms with van der Waals surface area (Å²) in [5, 5.41) is 11.3. The summed E-state index contributed by atoms with van der Waals surface area (Å²) in [6.07, 6.45) is 2.04. The Morgan fingerprint density at radius 1 is 1.45 bits per heavy atom. The van der Waals surface area contributed by atoms with Crippen molar-refractivity contribution in [2.75, 3.05) is 13.1 Å². The fourth-order valence-electron chi connectivity index (χ4n) is 2.45. The minimum absolute atomic E-state index is 0.0353. The molecule has 1 aromatic carbocycles. The molecule has 1 aliphatic rings. The number of nitrogens with one attached hydrogen (secondary N) is 2. The minimum atomic E-state index is -0.346. The molecule has 4 nitrogen and oxygen atoms in total. The molecule has 20 heavy (non-hydrogen) atoms. The van der Waals surface area contributed by atoms with Crippen molar-refractivity contribution in [2.24, 2.45) is 16.6 Å². The highest BCUT2D eigenvalue weighted by molar-refractivity contribution is 6.05. The maximum atomic E-state index is 13.5. The maximum absolute atomic E-state index is 13.5. The number of aryl methyl sites for hydroxylation is 1. The fourth-order valence-corrected chi connectivity index (χ4v) is 2.45. The monoisotopic (exact) mass is 276 g/mol. The van der Waals surface area contributed by atoms with Gasteiger partial charge in [-0.2, -0.15) is 0 Å². The molecule has 5 heteroatoms. The summed E-state index contributed by atoms with van der Waals surface area (Å²) < 4.78 is 13.5. The van der Waals surface area contributed by atoms with Gasteiger partial charge in [-0.3, -0.25) is 5.41 Å². The van der Waals surface area contributed by atoms with Crippen molar-refractivity contribution >= 4 is 11.7 Å². The minimum Gasteiger partial charge on any atom is -0.387 e. The van der Waals surface area contributed by atoms with Crippen molar-refractivity contribution in [1.82, 2.24) is 5.32 Å². The van der Waals surface area contributed by atoms with E-state index < -0.39 is 0 Å². The number of amidine groups is 2. The fraction of sp³-hybridized carbons (Fsp3) is 0.467. The van der Waals surface area contributed by atoms with Gasteiger partial charge in [0.2, 0.25) is 0 Å². The molecule has 0 saturated carbocycles. The van der Waals surface area contributed by atoms with Crippen molar-refractivity contribution < 1.29 is 4.39 Å². The average Bonchev–Trinajstić information content (AvgIpc) is 2.43. The van der Waals surface area contributed by atoms with E-state index in [2.05, 4.69) is 10.3 Å². The quantitative estimate of drug-likeness (QED) is 0.572. The molecule has 1 aliphatic heterocycles. The standard InChI is InChI=1S/C15H21FN4/c1-9-6-12(16)7-13(10(9)2)15(18)20-14(17)11-4-3-5-19-8-11/h6-7,11,19H,3-5,8H2,1-2H3,(H3,17,18,20)/t11-/m1/s1. The van der Waals surface area contributed by atoms with Gasteiger partial charge in [0.1, 0.15) is 11.7 Å². The van der Waals surface area contributed by atoms with Gasteiger partial charge in [0.25, 0.3) is 0 Å². The molecule has 1 fully saturated rings. The van der Waals surface area contributed by atoms with E-state index in [0.29, 0.717) is 11.4 Å². The topological polar surface area (TPSA) is 74.3 Å². The third kappa shape index (κ3) is 3.22. The lowest BCUT2D eigenvalue weighted by molar-refractivity contribution is 0.456. The van der Waals surface area contributed by atoms with E-state index in [4.69, 9.17) is 11.1 Å². The number of hydrogen-bond acceptors (Lipinski definition) is 2. The molecular formula is C15H21FN4. The molecule has 1 saturated heterocycles. The normalized spacial score (nSPS) is 19.9. The molecule has 108 valence electrons. The Bertz CT molecular complexity index is 545. The first-order valence-corrected chi connectivity index (χ1v) is 6.89. The number of benzene rings is 1. The number of rotatable bonds is 2. The van der Waals surface area contributed by atoms with Crippen LogP contribution in [0.2, 0.25) is 0 Å². The first-order valence-electron chi connectivity index (χ1n) is 6.89. The molecule has 0 spiro atoms. The van der Waals surface area contributed by atoms with Crippen LogP contribution in [0, 0.1) is 31.0 Å².